The second-order valence-corrected chi connectivity index (χ2v) is 6.64. The van der Waals surface area contributed by atoms with Gasteiger partial charge < -0.3 is 8.83 Å². The van der Waals surface area contributed by atoms with Crippen molar-refractivity contribution >= 4 is 0 Å². The topological polar surface area (TPSA) is 55.3 Å². The van der Waals surface area contributed by atoms with Crippen LogP contribution in [-0.4, -0.2) is 27.7 Å². The molecule has 0 aliphatic heterocycles. The Morgan fingerprint density at radius 2 is 1.95 bits per heavy atom. The van der Waals surface area contributed by atoms with Gasteiger partial charge in [-0.2, -0.15) is 0 Å². The number of furan rings is 1. The lowest BCUT2D eigenvalue weighted by molar-refractivity contribution is 0.130. The Balaban J connectivity index is 1.45. The Kier molecular flexibility index (Phi) is 3.97. The molecule has 0 bridgehead atoms. The van der Waals surface area contributed by atoms with E-state index < -0.39 is 0 Å². The number of nitrogens with zero attached hydrogens (tertiary/aromatic N) is 3. The molecule has 5 heteroatoms. The van der Waals surface area contributed by atoms with E-state index in [2.05, 4.69) is 15.1 Å². The maximum absolute atomic E-state index is 5.79. The van der Waals surface area contributed by atoms with Crippen LogP contribution in [0, 0.1) is 5.92 Å². The van der Waals surface area contributed by atoms with Gasteiger partial charge in [0.2, 0.25) is 5.89 Å². The van der Waals surface area contributed by atoms with Crippen LogP contribution >= 0.6 is 0 Å². The van der Waals surface area contributed by atoms with Crippen molar-refractivity contribution < 1.29 is 8.83 Å². The first-order chi connectivity index (χ1) is 10.9. The molecule has 2 heterocycles. The summed E-state index contributed by atoms with van der Waals surface area (Å²) in [4.78, 5) is 2.58. The summed E-state index contributed by atoms with van der Waals surface area (Å²) >= 11 is 0. The summed E-state index contributed by atoms with van der Waals surface area (Å²) in [6, 6.07) is 4.37. The van der Waals surface area contributed by atoms with E-state index in [4.69, 9.17) is 8.83 Å². The lowest BCUT2D eigenvalue weighted by atomic mass is 9.94. The van der Waals surface area contributed by atoms with Crippen molar-refractivity contribution in [2.75, 3.05) is 6.54 Å². The maximum Gasteiger partial charge on any atom is 0.283 e. The van der Waals surface area contributed by atoms with Crippen molar-refractivity contribution in [2.24, 2.45) is 5.92 Å². The minimum atomic E-state index is 0.481. The fourth-order valence-corrected chi connectivity index (χ4v) is 3.41. The zero-order valence-electron chi connectivity index (χ0n) is 12.9. The van der Waals surface area contributed by atoms with E-state index in [9.17, 15) is 0 Å². The van der Waals surface area contributed by atoms with E-state index in [0.717, 1.165) is 12.5 Å². The van der Waals surface area contributed by atoms with E-state index in [0.29, 0.717) is 23.6 Å². The molecular formula is C17H23N3O2. The van der Waals surface area contributed by atoms with Crippen LogP contribution in [0.1, 0.15) is 50.8 Å². The molecule has 5 nitrogen and oxygen atoms in total. The molecule has 0 radical (unpaired) electrons. The van der Waals surface area contributed by atoms with Crippen molar-refractivity contribution in [3.05, 3.63) is 24.3 Å². The molecule has 0 amide bonds. The Hall–Kier alpha value is -1.62. The lowest BCUT2D eigenvalue weighted by Gasteiger charge is -2.33. The molecule has 2 aliphatic carbocycles. The van der Waals surface area contributed by atoms with Crippen molar-refractivity contribution in [1.82, 2.24) is 15.1 Å². The standard InChI is InChI=1S/C17H23N3O2/c1-2-5-14(6-3-1)20(11-13-8-9-13)12-16-18-19-17(22-16)15-7-4-10-21-15/h4,7,10,13-14H,1-3,5-6,8-9,11-12H2. The van der Waals surface area contributed by atoms with Crippen LogP contribution in [0.25, 0.3) is 11.7 Å². The van der Waals surface area contributed by atoms with Gasteiger partial charge in [0.05, 0.1) is 12.8 Å². The van der Waals surface area contributed by atoms with E-state index in [1.807, 2.05) is 12.1 Å². The zero-order valence-corrected chi connectivity index (χ0v) is 12.9. The van der Waals surface area contributed by atoms with Gasteiger partial charge in [0.1, 0.15) is 0 Å². The Morgan fingerprint density at radius 1 is 1.09 bits per heavy atom. The van der Waals surface area contributed by atoms with Gasteiger partial charge in [0.15, 0.2) is 5.76 Å². The molecule has 2 saturated carbocycles. The van der Waals surface area contributed by atoms with Crippen molar-refractivity contribution in [3.63, 3.8) is 0 Å². The fraction of sp³-hybridized carbons (Fsp3) is 0.647. The molecule has 118 valence electrons. The van der Waals surface area contributed by atoms with Crippen LogP contribution in [0.4, 0.5) is 0 Å². The Labute approximate surface area is 130 Å². The highest BCUT2D eigenvalue weighted by Gasteiger charge is 2.30. The number of hydrogen-bond acceptors (Lipinski definition) is 5. The van der Waals surface area contributed by atoms with Gasteiger partial charge in [-0.1, -0.05) is 19.3 Å². The number of aromatic nitrogens is 2. The van der Waals surface area contributed by atoms with Gasteiger partial charge in [0.25, 0.3) is 5.89 Å². The summed E-state index contributed by atoms with van der Waals surface area (Å²) in [6.07, 6.45) is 11.1. The van der Waals surface area contributed by atoms with Gasteiger partial charge in [-0.25, -0.2) is 0 Å². The van der Waals surface area contributed by atoms with Crippen molar-refractivity contribution in [1.29, 1.82) is 0 Å². The van der Waals surface area contributed by atoms with Gasteiger partial charge in [-0.3, -0.25) is 4.90 Å². The van der Waals surface area contributed by atoms with Gasteiger partial charge >= 0.3 is 0 Å². The molecule has 4 rings (SSSR count). The molecule has 0 N–H and O–H groups in total. The average molecular weight is 301 g/mol. The van der Waals surface area contributed by atoms with Crippen LogP contribution in [-0.2, 0) is 6.54 Å². The molecular weight excluding hydrogens is 278 g/mol. The summed E-state index contributed by atoms with van der Waals surface area (Å²) in [7, 11) is 0. The molecule has 2 aliphatic rings. The molecule has 2 aromatic rings. The molecule has 2 aromatic heterocycles. The summed E-state index contributed by atoms with van der Waals surface area (Å²) < 4.78 is 11.1. The number of hydrogen-bond donors (Lipinski definition) is 0. The largest absolute Gasteiger partial charge is 0.459 e. The summed E-state index contributed by atoms with van der Waals surface area (Å²) in [5.41, 5.74) is 0. The smallest absolute Gasteiger partial charge is 0.283 e. The fourth-order valence-electron chi connectivity index (χ4n) is 3.41. The second-order valence-electron chi connectivity index (χ2n) is 6.64. The lowest BCUT2D eigenvalue weighted by Crippen LogP contribution is -2.37. The summed E-state index contributed by atoms with van der Waals surface area (Å²) in [5, 5.41) is 8.33. The van der Waals surface area contributed by atoms with E-state index in [1.54, 1.807) is 6.26 Å². The van der Waals surface area contributed by atoms with E-state index in [1.165, 1.54) is 51.5 Å². The predicted octanol–water partition coefficient (Wildman–Crippen LogP) is 3.87. The van der Waals surface area contributed by atoms with Crippen molar-refractivity contribution in [3.8, 4) is 11.7 Å². The number of rotatable bonds is 6. The van der Waals surface area contributed by atoms with Gasteiger partial charge in [0, 0.05) is 12.6 Å². The Bertz CT molecular complexity index is 583. The van der Waals surface area contributed by atoms with Crippen LogP contribution in [0.15, 0.2) is 27.2 Å². The third-order valence-corrected chi connectivity index (χ3v) is 4.82. The first kappa shape index (κ1) is 14.0. The molecule has 0 saturated heterocycles. The second kappa shape index (κ2) is 6.24. The SMILES string of the molecule is c1coc(-c2nnc(CN(CC3CC3)C3CCCCC3)o2)c1. The molecule has 2 fully saturated rings. The highest BCUT2D eigenvalue weighted by atomic mass is 16.4. The Morgan fingerprint density at radius 3 is 2.68 bits per heavy atom. The first-order valence-corrected chi connectivity index (χ1v) is 8.49. The molecule has 0 unspecified atom stereocenters. The van der Waals surface area contributed by atoms with Crippen LogP contribution in [0.5, 0.6) is 0 Å². The molecule has 0 atom stereocenters. The summed E-state index contributed by atoms with van der Waals surface area (Å²) in [6.45, 7) is 1.96. The zero-order chi connectivity index (χ0) is 14.8. The minimum Gasteiger partial charge on any atom is -0.459 e. The van der Waals surface area contributed by atoms with Crippen LogP contribution < -0.4 is 0 Å². The van der Waals surface area contributed by atoms with Crippen LogP contribution in [0.3, 0.4) is 0 Å². The molecule has 22 heavy (non-hydrogen) atoms. The van der Waals surface area contributed by atoms with E-state index in [-0.39, 0.29) is 0 Å². The molecule has 0 spiro atoms. The predicted molar refractivity (Wildman–Crippen MR) is 82.0 cm³/mol. The third-order valence-electron chi connectivity index (χ3n) is 4.82. The normalized spacial score (nSPS) is 19.9. The van der Waals surface area contributed by atoms with E-state index >= 15 is 0 Å². The first-order valence-electron chi connectivity index (χ1n) is 8.49. The van der Waals surface area contributed by atoms with Gasteiger partial charge in [-0.05, 0) is 43.7 Å². The average Bonchev–Trinajstić information content (AvgIpc) is 3.04. The highest BCUT2D eigenvalue weighted by Crippen LogP contribution is 2.33. The van der Waals surface area contributed by atoms with Crippen LogP contribution in [0.2, 0.25) is 0 Å². The highest BCUT2D eigenvalue weighted by molar-refractivity contribution is 5.42. The summed E-state index contributed by atoms with van der Waals surface area (Å²) in [5.74, 6) is 2.71. The minimum absolute atomic E-state index is 0.481. The monoisotopic (exact) mass is 301 g/mol. The van der Waals surface area contributed by atoms with Gasteiger partial charge in [-0.15, -0.1) is 10.2 Å². The maximum atomic E-state index is 5.79. The quantitative estimate of drug-likeness (QED) is 0.810. The van der Waals surface area contributed by atoms with Crippen molar-refractivity contribution in [2.45, 2.75) is 57.5 Å². The molecule has 0 aromatic carbocycles. The third kappa shape index (κ3) is 3.24.